The number of aryl methyl sites for hydroxylation is 1. The predicted octanol–water partition coefficient (Wildman–Crippen LogP) is 3.71. The molecule has 126 valence electrons. The van der Waals surface area contributed by atoms with Gasteiger partial charge in [0, 0.05) is 11.1 Å². The zero-order chi connectivity index (χ0) is 17.6. The number of hydrogen-bond donors (Lipinski definition) is 2. The van der Waals surface area contributed by atoms with Gasteiger partial charge in [0.2, 0.25) is 0 Å². The minimum absolute atomic E-state index is 0.311. The predicted molar refractivity (Wildman–Crippen MR) is 99.6 cm³/mol. The van der Waals surface area contributed by atoms with E-state index in [4.69, 9.17) is 0 Å². The maximum atomic E-state index is 12.3. The largest absolute Gasteiger partial charge is 0.289 e. The minimum atomic E-state index is -0.311. The molecule has 0 saturated heterocycles. The van der Waals surface area contributed by atoms with Gasteiger partial charge in [-0.15, -0.1) is 0 Å². The monoisotopic (exact) mass is 332 g/mol. The van der Waals surface area contributed by atoms with Crippen LogP contribution in [-0.2, 0) is 6.42 Å². The Morgan fingerprint density at radius 2 is 1.88 bits per heavy atom. The molecule has 0 bridgehead atoms. The number of H-pyrrole nitrogens is 1. The lowest BCUT2D eigenvalue weighted by Gasteiger charge is -2.00. The Morgan fingerprint density at radius 1 is 1.16 bits per heavy atom. The third kappa shape index (κ3) is 3.83. The van der Waals surface area contributed by atoms with Crippen molar-refractivity contribution in [2.75, 3.05) is 0 Å². The van der Waals surface area contributed by atoms with Crippen LogP contribution in [0.5, 0.6) is 0 Å². The number of carbonyl (C=O) groups is 1. The summed E-state index contributed by atoms with van der Waals surface area (Å²) in [5.74, 6) is -0.311. The molecule has 0 saturated carbocycles. The van der Waals surface area contributed by atoms with Gasteiger partial charge in [0.25, 0.3) is 5.91 Å². The number of nitrogens with one attached hydrogen (secondary N) is 2. The highest BCUT2D eigenvalue weighted by Gasteiger charge is 2.16. The van der Waals surface area contributed by atoms with Crippen molar-refractivity contribution >= 4 is 12.1 Å². The Hall–Kier alpha value is -3.21. The van der Waals surface area contributed by atoms with Crippen LogP contribution < -0.4 is 5.43 Å². The van der Waals surface area contributed by atoms with E-state index in [1.807, 2.05) is 61.5 Å². The van der Waals surface area contributed by atoms with Gasteiger partial charge in [0.15, 0.2) is 0 Å². The second-order valence-corrected chi connectivity index (χ2v) is 5.73. The van der Waals surface area contributed by atoms with Crippen molar-refractivity contribution < 1.29 is 4.79 Å². The second-order valence-electron chi connectivity index (χ2n) is 5.73. The molecule has 3 rings (SSSR count). The van der Waals surface area contributed by atoms with Crippen LogP contribution in [0.15, 0.2) is 59.7 Å². The number of benzene rings is 2. The maximum absolute atomic E-state index is 12.3. The highest BCUT2D eigenvalue weighted by Crippen LogP contribution is 2.22. The van der Waals surface area contributed by atoms with E-state index in [0.29, 0.717) is 5.69 Å². The van der Waals surface area contributed by atoms with Crippen molar-refractivity contribution in [3.8, 4) is 11.3 Å². The summed E-state index contributed by atoms with van der Waals surface area (Å²) in [5, 5.41) is 11.1. The lowest BCUT2D eigenvalue weighted by molar-refractivity contribution is 0.0949. The van der Waals surface area contributed by atoms with Crippen LogP contribution in [0.3, 0.4) is 0 Å². The van der Waals surface area contributed by atoms with Crippen LogP contribution in [0.25, 0.3) is 11.3 Å². The fourth-order valence-corrected chi connectivity index (χ4v) is 2.56. The van der Waals surface area contributed by atoms with E-state index in [1.165, 1.54) is 5.56 Å². The molecule has 0 spiro atoms. The van der Waals surface area contributed by atoms with E-state index in [2.05, 4.69) is 27.6 Å². The summed E-state index contributed by atoms with van der Waals surface area (Å²) in [6, 6.07) is 17.8. The topological polar surface area (TPSA) is 70.1 Å². The average molecular weight is 332 g/mol. The lowest BCUT2D eigenvalue weighted by Crippen LogP contribution is -2.19. The fourth-order valence-electron chi connectivity index (χ4n) is 2.56. The van der Waals surface area contributed by atoms with Gasteiger partial charge in [-0.05, 0) is 24.5 Å². The molecule has 0 fully saturated rings. The molecule has 5 nitrogen and oxygen atoms in total. The normalized spacial score (nSPS) is 11.0. The summed E-state index contributed by atoms with van der Waals surface area (Å²) in [7, 11) is 0. The minimum Gasteiger partial charge on any atom is -0.272 e. The van der Waals surface area contributed by atoms with Crippen LogP contribution in [0.4, 0.5) is 0 Å². The summed E-state index contributed by atoms with van der Waals surface area (Å²) >= 11 is 0. The summed E-state index contributed by atoms with van der Waals surface area (Å²) in [6.45, 7) is 3.98. The molecule has 0 radical (unpaired) electrons. The molecular formula is C20H20N4O. The summed E-state index contributed by atoms with van der Waals surface area (Å²) in [4.78, 5) is 12.3. The molecule has 0 aliphatic carbocycles. The molecule has 1 amide bonds. The highest BCUT2D eigenvalue weighted by molar-refractivity contribution is 5.95. The zero-order valence-electron chi connectivity index (χ0n) is 14.3. The second kappa shape index (κ2) is 7.57. The summed E-state index contributed by atoms with van der Waals surface area (Å²) < 4.78 is 0. The van der Waals surface area contributed by atoms with Gasteiger partial charge in [-0.1, -0.05) is 61.5 Å². The summed E-state index contributed by atoms with van der Waals surface area (Å²) in [6.07, 6.45) is 2.62. The SMILES string of the molecule is CCc1ccc(C=NNC(=O)c2[nH]nc(-c3ccccc3)c2C)cc1. The lowest BCUT2D eigenvalue weighted by atomic mass is 10.1. The Kier molecular flexibility index (Phi) is 5.04. The van der Waals surface area contributed by atoms with E-state index >= 15 is 0 Å². The fraction of sp³-hybridized carbons (Fsp3) is 0.150. The van der Waals surface area contributed by atoms with Gasteiger partial charge in [-0.25, -0.2) is 5.43 Å². The molecule has 1 aromatic heterocycles. The van der Waals surface area contributed by atoms with Crippen molar-refractivity contribution in [1.29, 1.82) is 0 Å². The Balaban J connectivity index is 1.69. The van der Waals surface area contributed by atoms with Gasteiger partial charge < -0.3 is 0 Å². The third-order valence-electron chi connectivity index (χ3n) is 4.05. The van der Waals surface area contributed by atoms with Gasteiger partial charge in [0.05, 0.1) is 11.9 Å². The van der Waals surface area contributed by atoms with Gasteiger partial charge in [-0.2, -0.15) is 10.2 Å². The van der Waals surface area contributed by atoms with E-state index in [0.717, 1.165) is 28.8 Å². The molecule has 0 unspecified atom stereocenters. The molecule has 0 aliphatic heterocycles. The van der Waals surface area contributed by atoms with E-state index in [9.17, 15) is 4.79 Å². The molecule has 2 N–H and O–H groups in total. The quantitative estimate of drug-likeness (QED) is 0.552. The van der Waals surface area contributed by atoms with Gasteiger partial charge in [0.1, 0.15) is 5.69 Å². The van der Waals surface area contributed by atoms with Crippen LogP contribution >= 0.6 is 0 Å². The first-order valence-corrected chi connectivity index (χ1v) is 8.21. The van der Waals surface area contributed by atoms with Crippen molar-refractivity contribution in [3.63, 3.8) is 0 Å². The third-order valence-corrected chi connectivity index (χ3v) is 4.05. The van der Waals surface area contributed by atoms with Crippen LogP contribution in [0.1, 0.15) is 34.1 Å². The zero-order valence-corrected chi connectivity index (χ0v) is 14.3. The van der Waals surface area contributed by atoms with Crippen LogP contribution in [0.2, 0.25) is 0 Å². The smallest absolute Gasteiger partial charge is 0.272 e. The van der Waals surface area contributed by atoms with Gasteiger partial charge >= 0.3 is 0 Å². The number of rotatable bonds is 5. The molecular weight excluding hydrogens is 312 g/mol. The number of carbonyl (C=O) groups excluding carboxylic acids is 1. The van der Waals surface area contributed by atoms with Gasteiger partial charge in [-0.3, -0.25) is 9.89 Å². The average Bonchev–Trinajstić information content (AvgIpc) is 3.04. The van der Waals surface area contributed by atoms with E-state index in [1.54, 1.807) is 6.21 Å². The van der Waals surface area contributed by atoms with Crippen LogP contribution in [-0.4, -0.2) is 22.3 Å². The van der Waals surface area contributed by atoms with E-state index < -0.39 is 0 Å². The Morgan fingerprint density at radius 3 is 2.56 bits per heavy atom. The number of hydrogen-bond acceptors (Lipinski definition) is 3. The summed E-state index contributed by atoms with van der Waals surface area (Å²) in [5.41, 5.74) is 7.69. The first kappa shape index (κ1) is 16.6. The molecule has 5 heteroatoms. The van der Waals surface area contributed by atoms with Crippen molar-refractivity contribution in [2.45, 2.75) is 20.3 Å². The number of aromatic nitrogens is 2. The number of aromatic amines is 1. The standard InChI is InChI=1S/C20H20N4O/c1-3-15-9-11-16(12-10-15)13-21-24-20(25)19-14(2)18(22-23-19)17-7-5-4-6-8-17/h4-13H,3H2,1-2H3,(H,22,23)(H,24,25). The first-order chi connectivity index (χ1) is 12.2. The van der Waals surface area contributed by atoms with Crippen molar-refractivity contribution in [2.24, 2.45) is 5.10 Å². The number of nitrogens with zero attached hydrogens (tertiary/aromatic N) is 2. The number of amides is 1. The molecule has 1 heterocycles. The Labute approximate surface area is 146 Å². The maximum Gasteiger partial charge on any atom is 0.289 e. The highest BCUT2D eigenvalue weighted by atomic mass is 16.2. The van der Waals surface area contributed by atoms with Crippen molar-refractivity contribution in [3.05, 3.63) is 77.0 Å². The molecule has 0 atom stereocenters. The molecule has 2 aromatic carbocycles. The van der Waals surface area contributed by atoms with E-state index in [-0.39, 0.29) is 5.91 Å². The molecule has 0 aliphatic rings. The number of hydrazone groups is 1. The van der Waals surface area contributed by atoms with Crippen LogP contribution in [0, 0.1) is 6.92 Å². The molecule has 3 aromatic rings. The first-order valence-electron chi connectivity index (χ1n) is 8.21. The van der Waals surface area contributed by atoms with Crippen molar-refractivity contribution in [1.82, 2.24) is 15.6 Å². The molecule has 25 heavy (non-hydrogen) atoms. The Bertz CT molecular complexity index is 880.